The molecule has 10 nitrogen and oxygen atoms in total. The average Bonchev–Trinajstić information content (AvgIpc) is 2.98. The van der Waals surface area contributed by atoms with Crippen LogP contribution in [0.5, 0.6) is 34.5 Å². The first kappa shape index (κ1) is 35.9. The predicted octanol–water partition coefficient (Wildman–Crippen LogP) is 5.96. The number of aryl methyl sites for hydroxylation is 4. The van der Waals surface area contributed by atoms with Gasteiger partial charge in [0.05, 0.1) is 31.3 Å². The molecule has 4 aromatic carbocycles. The van der Waals surface area contributed by atoms with E-state index >= 15 is 0 Å². The van der Waals surface area contributed by atoms with Crippen LogP contribution in [0.2, 0.25) is 0 Å². The van der Waals surface area contributed by atoms with Gasteiger partial charge in [0.25, 0.3) is 0 Å². The van der Waals surface area contributed by atoms with Gasteiger partial charge in [-0.3, -0.25) is 0 Å². The Morgan fingerprint density at radius 1 is 0.628 bits per heavy atom. The number of methoxy groups -OCH3 is 2. The number of anilines is 4. The highest BCUT2D eigenvalue weighted by molar-refractivity contribution is 5.69. The Bertz CT molecular complexity index is 1450. The summed E-state index contributed by atoms with van der Waals surface area (Å²) in [5, 5.41) is 36.8. The van der Waals surface area contributed by atoms with Crippen molar-refractivity contribution >= 4 is 22.7 Å². The van der Waals surface area contributed by atoms with Crippen molar-refractivity contribution in [2.75, 3.05) is 37.2 Å². The van der Waals surface area contributed by atoms with Gasteiger partial charge in [-0.05, 0) is 80.1 Å². The van der Waals surface area contributed by atoms with Crippen molar-refractivity contribution in [1.82, 2.24) is 0 Å². The van der Waals surface area contributed by atoms with Crippen LogP contribution in [0.25, 0.3) is 0 Å². The Balaban J connectivity index is 0.000000291. The van der Waals surface area contributed by atoms with Gasteiger partial charge in [-0.15, -0.1) is 0 Å². The smallest absolute Gasteiger partial charge is 0.152 e. The summed E-state index contributed by atoms with van der Waals surface area (Å²) in [7, 11) is 3.02. The summed E-state index contributed by atoms with van der Waals surface area (Å²) in [4.78, 5) is 0. The zero-order valence-corrected chi connectivity index (χ0v) is 26.0. The monoisotopic (exact) mass is 594 g/mol. The Kier molecular flexibility index (Phi) is 14.2. The summed E-state index contributed by atoms with van der Waals surface area (Å²) in [6.45, 7) is 9.71. The molecule has 0 aromatic heterocycles. The maximum atomic E-state index is 9.42. The molecule has 0 aliphatic rings. The molecule has 12 N–H and O–H groups in total. The number of hydrogen-bond acceptors (Lipinski definition) is 10. The molecule has 0 radical (unpaired) electrons. The lowest BCUT2D eigenvalue weighted by atomic mass is 10.0. The Morgan fingerprint density at radius 3 is 1.67 bits per heavy atom. The molecule has 4 aromatic rings. The Morgan fingerprint density at radius 2 is 1.21 bits per heavy atom. The van der Waals surface area contributed by atoms with Crippen LogP contribution < -0.4 is 32.4 Å². The van der Waals surface area contributed by atoms with Gasteiger partial charge in [0.2, 0.25) is 0 Å². The molecule has 0 heterocycles. The number of rotatable bonds is 4. The molecule has 0 amide bonds. The minimum absolute atomic E-state index is 0.0284. The lowest BCUT2D eigenvalue weighted by molar-refractivity contribution is 0.382. The molecule has 43 heavy (non-hydrogen) atoms. The SMILES string of the molecule is CCc1cc(O)c(N)c(CC)c1.COc1cc(O)c(N)c(OC)c1C.Cc1cc(C)c(N)c(O)c1.Nc1ccccc1O. The third-order valence-electron chi connectivity index (χ3n) is 6.46. The highest BCUT2D eigenvalue weighted by Gasteiger charge is 2.13. The lowest BCUT2D eigenvalue weighted by Gasteiger charge is -2.13. The molecule has 0 atom stereocenters. The quantitative estimate of drug-likeness (QED) is 0.103. The Labute approximate surface area is 254 Å². The van der Waals surface area contributed by atoms with Crippen LogP contribution in [-0.2, 0) is 12.8 Å². The fourth-order valence-electron chi connectivity index (χ4n) is 3.92. The number of ether oxygens (including phenoxy) is 2. The van der Waals surface area contributed by atoms with E-state index in [-0.39, 0.29) is 28.7 Å². The first-order valence-corrected chi connectivity index (χ1v) is 13.6. The van der Waals surface area contributed by atoms with Crippen molar-refractivity contribution in [3.05, 3.63) is 82.4 Å². The van der Waals surface area contributed by atoms with E-state index in [1.807, 2.05) is 33.8 Å². The van der Waals surface area contributed by atoms with E-state index < -0.39 is 0 Å². The molecule has 0 aliphatic heterocycles. The number of hydrogen-bond donors (Lipinski definition) is 8. The fourth-order valence-corrected chi connectivity index (χ4v) is 3.92. The number of para-hydroxylation sites is 2. The van der Waals surface area contributed by atoms with Gasteiger partial charge < -0.3 is 52.8 Å². The molecule has 234 valence electrons. The van der Waals surface area contributed by atoms with E-state index in [2.05, 4.69) is 13.0 Å². The molecule has 4 rings (SSSR count). The number of nitrogens with two attached hydrogens (primary N) is 4. The third kappa shape index (κ3) is 10.3. The van der Waals surface area contributed by atoms with Crippen LogP contribution in [0, 0.1) is 20.8 Å². The van der Waals surface area contributed by atoms with Crippen molar-refractivity contribution in [1.29, 1.82) is 0 Å². The van der Waals surface area contributed by atoms with Gasteiger partial charge in [0.15, 0.2) is 5.75 Å². The second-order valence-electron chi connectivity index (χ2n) is 9.64. The summed E-state index contributed by atoms with van der Waals surface area (Å²) in [5.41, 5.74) is 28.6. The van der Waals surface area contributed by atoms with Crippen molar-refractivity contribution in [3.63, 3.8) is 0 Å². The second-order valence-corrected chi connectivity index (χ2v) is 9.64. The van der Waals surface area contributed by atoms with E-state index in [9.17, 15) is 10.2 Å². The normalized spacial score (nSPS) is 9.74. The van der Waals surface area contributed by atoms with Gasteiger partial charge in [-0.2, -0.15) is 0 Å². The standard InChI is InChI=1S/C10H15NO.C9H13NO3.C8H11NO.C6H7NO/c1-3-7-5-8(4-2)10(11)9(12)6-7;1-5-7(12-2)4-6(11)8(10)9(5)13-3;1-5-3-6(2)8(9)7(10)4-5;7-5-3-1-2-4-6(5)8/h5-6,12H,3-4,11H2,1-2H3;4,11H,10H2,1-3H3;3-4,10H,9H2,1-2H3;1-4,8H,7H2. The number of phenolic OH excluding ortho intramolecular Hbond substituents is 4. The molecular formula is C33H46N4O6. The zero-order valence-electron chi connectivity index (χ0n) is 26.0. The molecule has 0 unspecified atom stereocenters. The number of phenols is 4. The lowest BCUT2D eigenvalue weighted by Crippen LogP contribution is -1.98. The third-order valence-corrected chi connectivity index (χ3v) is 6.46. The minimum atomic E-state index is -0.0284. The summed E-state index contributed by atoms with van der Waals surface area (Å²) in [5.74, 6) is 1.52. The summed E-state index contributed by atoms with van der Waals surface area (Å²) in [6.07, 6.45) is 1.80. The largest absolute Gasteiger partial charge is 0.506 e. The summed E-state index contributed by atoms with van der Waals surface area (Å²) >= 11 is 0. The fraction of sp³-hybridized carbons (Fsp3) is 0.273. The van der Waals surface area contributed by atoms with Gasteiger partial charge in [-0.1, -0.05) is 38.1 Å². The van der Waals surface area contributed by atoms with E-state index in [1.165, 1.54) is 20.3 Å². The summed E-state index contributed by atoms with van der Waals surface area (Å²) in [6, 6.07) is 15.5. The Hall–Kier alpha value is -5.12. The van der Waals surface area contributed by atoms with Crippen LogP contribution in [0.4, 0.5) is 22.7 Å². The number of nitrogen functional groups attached to an aromatic ring is 4. The maximum absolute atomic E-state index is 9.42. The highest BCUT2D eigenvalue weighted by atomic mass is 16.5. The first-order chi connectivity index (χ1) is 20.2. The van der Waals surface area contributed by atoms with Crippen molar-refractivity contribution in [2.45, 2.75) is 47.5 Å². The highest BCUT2D eigenvalue weighted by Crippen LogP contribution is 2.39. The van der Waals surface area contributed by atoms with Crippen LogP contribution in [0.1, 0.15) is 41.7 Å². The van der Waals surface area contributed by atoms with Crippen LogP contribution >= 0.6 is 0 Å². The number of aromatic hydroxyl groups is 4. The van der Waals surface area contributed by atoms with Crippen molar-refractivity contribution in [3.8, 4) is 34.5 Å². The zero-order chi connectivity index (χ0) is 32.9. The predicted molar refractivity (Wildman–Crippen MR) is 176 cm³/mol. The molecule has 0 spiro atoms. The molecule has 10 heteroatoms. The second kappa shape index (κ2) is 17.0. The molecule has 0 aliphatic carbocycles. The molecule has 0 saturated heterocycles. The van der Waals surface area contributed by atoms with Crippen LogP contribution in [0.3, 0.4) is 0 Å². The van der Waals surface area contributed by atoms with Crippen LogP contribution in [0.15, 0.2) is 54.6 Å². The van der Waals surface area contributed by atoms with Gasteiger partial charge in [0, 0.05) is 11.6 Å². The molecule has 0 fully saturated rings. The molecule has 0 saturated carbocycles. The van der Waals surface area contributed by atoms with Gasteiger partial charge in [-0.25, -0.2) is 0 Å². The molecular weight excluding hydrogens is 548 g/mol. The van der Waals surface area contributed by atoms with Crippen LogP contribution in [-0.4, -0.2) is 34.6 Å². The summed E-state index contributed by atoms with van der Waals surface area (Å²) < 4.78 is 10.1. The number of benzene rings is 4. The van der Waals surface area contributed by atoms with E-state index in [0.29, 0.717) is 28.6 Å². The van der Waals surface area contributed by atoms with Gasteiger partial charge >= 0.3 is 0 Å². The van der Waals surface area contributed by atoms with Crippen molar-refractivity contribution in [2.24, 2.45) is 0 Å². The van der Waals surface area contributed by atoms with E-state index in [1.54, 1.807) is 36.4 Å². The first-order valence-electron chi connectivity index (χ1n) is 13.6. The van der Waals surface area contributed by atoms with Gasteiger partial charge in [0.1, 0.15) is 34.4 Å². The molecule has 0 bridgehead atoms. The minimum Gasteiger partial charge on any atom is -0.506 e. The average molecular weight is 595 g/mol. The van der Waals surface area contributed by atoms with E-state index in [4.69, 9.17) is 42.6 Å². The van der Waals surface area contributed by atoms with E-state index in [0.717, 1.165) is 40.7 Å². The maximum Gasteiger partial charge on any atom is 0.152 e. The topological polar surface area (TPSA) is 203 Å². The van der Waals surface area contributed by atoms with Crippen molar-refractivity contribution < 1.29 is 29.9 Å².